The first-order valence-corrected chi connectivity index (χ1v) is 9.71. The number of hydrazone groups is 1. The average Bonchev–Trinajstić information content (AvgIpc) is 3.02. The predicted octanol–water partition coefficient (Wildman–Crippen LogP) is 2.85. The Morgan fingerprint density at radius 3 is 2.29 bits per heavy atom. The number of nitrogens with one attached hydrogen (secondary N) is 1. The van der Waals surface area contributed by atoms with E-state index >= 15 is 0 Å². The molecular weight excluding hydrogens is 396 g/mol. The maximum atomic E-state index is 13.1. The topological polar surface area (TPSA) is 99.2 Å². The number of nitrogens with zero attached hydrogens (tertiary/aromatic N) is 3. The molecule has 0 aromatic heterocycles. The molecular formula is C23H20N4O4. The van der Waals surface area contributed by atoms with Crippen LogP contribution in [0.15, 0.2) is 65.3 Å². The number of hydrogen-bond acceptors (Lipinski definition) is 5. The highest BCUT2D eigenvalue weighted by Crippen LogP contribution is 2.28. The van der Waals surface area contributed by atoms with E-state index in [0.717, 1.165) is 16.0 Å². The molecule has 1 atom stereocenters. The smallest absolute Gasteiger partial charge is 0.273 e. The first-order chi connectivity index (χ1) is 14.8. The fraction of sp³-hybridized carbons (Fsp3) is 0.174. The molecule has 2 aliphatic heterocycles. The lowest BCUT2D eigenvalue weighted by Crippen LogP contribution is -2.54. The summed E-state index contributed by atoms with van der Waals surface area (Å²) in [6, 6.07) is 13.2. The molecule has 2 aromatic carbocycles. The van der Waals surface area contributed by atoms with Gasteiger partial charge in [0.15, 0.2) is 0 Å². The number of para-hydroxylation sites is 1. The van der Waals surface area contributed by atoms with Crippen LogP contribution in [0.1, 0.15) is 18.1 Å². The Morgan fingerprint density at radius 1 is 0.903 bits per heavy atom. The molecule has 0 unspecified atom stereocenters. The summed E-state index contributed by atoms with van der Waals surface area (Å²) in [5, 5.41) is 7.71. The van der Waals surface area contributed by atoms with Gasteiger partial charge in [0.1, 0.15) is 5.57 Å². The van der Waals surface area contributed by atoms with Crippen molar-refractivity contribution in [1.29, 1.82) is 0 Å². The average molecular weight is 416 g/mol. The van der Waals surface area contributed by atoms with Crippen LogP contribution in [0.5, 0.6) is 0 Å². The van der Waals surface area contributed by atoms with Crippen molar-refractivity contribution in [2.45, 2.75) is 20.8 Å². The Labute approximate surface area is 178 Å². The van der Waals surface area contributed by atoms with Gasteiger partial charge >= 0.3 is 6.03 Å². The summed E-state index contributed by atoms with van der Waals surface area (Å²) < 4.78 is 0. The van der Waals surface area contributed by atoms with Crippen LogP contribution in [0.4, 0.5) is 16.2 Å². The third-order valence-electron chi connectivity index (χ3n) is 5.37. The zero-order chi connectivity index (χ0) is 22.3. The summed E-state index contributed by atoms with van der Waals surface area (Å²) in [7, 11) is 0. The largest absolute Gasteiger partial charge is 0.335 e. The number of amides is 5. The summed E-state index contributed by atoms with van der Waals surface area (Å²) in [5.41, 5.74) is 2.99. The molecule has 2 heterocycles. The third kappa shape index (κ3) is 3.52. The van der Waals surface area contributed by atoms with Crippen LogP contribution >= 0.6 is 0 Å². The van der Waals surface area contributed by atoms with E-state index in [-0.39, 0.29) is 11.5 Å². The van der Waals surface area contributed by atoms with Gasteiger partial charge < -0.3 is 0 Å². The summed E-state index contributed by atoms with van der Waals surface area (Å²) in [5.74, 6) is -2.89. The first-order valence-electron chi connectivity index (χ1n) is 9.71. The molecule has 1 saturated heterocycles. The molecule has 8 heteroatoms. The second-order valence-electron chi connectivity index (χ2n) is 7.45. The molecule has 0 saturated carbocycles. The zero-order valence-corrected chi connectivity index (χ0v) is 17.2. The molecule has 1 N–H and O–H groups in total. The highest BCUT2D eigenvalue weighted by atomic mass is 16.2. The number of anilines is 2. The van der Waals surface area contributed by atoms with Gasteiger partial charge in [-0.1, -0.05) is 24.3 Å². The lowest BCUT2D eigenvalue weighted by Gasteiger charge is -2.27. The molecule has 0 aliphatic carbocycles. The minimum atomic E-state index is -0.889. The molecule has 8 nitrogen and oxygen atoms in total. The number of carbonyl (C=O) groups excluding carboxylic acids is 4. The number of imide groups is 2. The highest BCUT2D eigenvalue weighted by molar-refractivity contribution is 6.38. The quantitative estimate of drug-likeness (QED) is 0.614. The van der Waals surface area contributed by atoms with E-state index in [0.29, 0.717) is 17.1 Å². The lowest BCUT2D eigenvalue weighted by atomic mass is 9.98. The Hall–Kier alpha value is -4.07. The number of rotatable bonds is 3. The molecule has 31 heavy (non-hydrogen) atoms. The predicted molar refractivity (Wildman–Crippen MR) is 116 cm³/mol. The maximum absolute atomic E-state index is 13.1. The van der Waals surface area contributed by atoms with Crippen molar-refractivity contribution in [2.75, 3.05) is 9.91 Å². The number of urea groups is 1. The van der Waals surface area contributed by atoms with Crippen LogP contribution in [-0.4, -0.2) is 29.5 Å². The van der Waals surface area contributed by atoms with E-state index < -0.39 is 23.8 Å². The van der Waals surface area contributed by atoms with Crippen LogP contribution in [0.2, 0.25) is 0 Å². The van der Waals surface area contributed by atoms with Crippen LogP contribution in [-0.2, 0) is 14.4 Å². The van der Waals surface area contributed by atoms with Crippen molar-refractivity contribution in [3.05, 3.63) is 71.3 Å². The van der Waals surface area contributed by atoms with Crippen LogP contribution in [0.25, 0.3) is 0 Å². The summed E-state index contributed by atoms with van der Waals surface area (Å²) in [4.78, 5) is 51.8. The Bertz CT molecular complexity index is 1180. The summed E-state index contributed by atoms with van der Waals surface area (Å²) >= 11 is 0. The van der Waals surface area contributed by atoms with Gasteiger partial charge in [0.2, 0.25) is 0 Å². The standard InChI is InChI=1S/C23H20N4O4/c1-13-9-10-17(11-14(13)2)26-21(29)19(20(28)24-23(26)31)12-18-15(3)25-27(22(18)30)16-7-5-4-6-8-16/h4-12,18H,1-3H3,(H,24,28,31)/b19-12-/t18-/m0/s1. The monoisotopic (exact) mass is 416 g/mol. The molecule has 4 rings (SSSR count). The number of hydrogen-bond donors (Lipinski definition) is 1. The van der Waals surface area contributed by atoms with Gasteiger partial charge in [0.25, 0.3) is 17.7 Å². The first kappa shape index (κ1) is 20.2. The van der Waals surface area contributed by atoms with E-state index in [2.05, 4.69) is 10.4 Å². The molecule has 5 amide bonds. The molecule has 156 valence electrons. The minimum absolute atomic E-state index is 0.277. The SMILES string of the molecule is CC1=NN(c2ccccc2)C(=O)[C@H]1/C=C1/C(=O)NC(=O)N(c2ccc(C)c(C)c2)C1=O. The molecule has 0 spiro atoms. The van der Waals surface area contributed by atoms with Crippen molar-refractivity contribution in [2.24, 2.45) is 11.0 Å². The van der Waals surface area contributed by atoms with E-state index in [1.54, 1.807) is 49.4 Å². The number of benzene rings is 2. The Balaban J connectivity index is 1.68. The van der Waals surface area contributed by atoms with Gasteiger partial charge in [-0.15, -0.1) is 0 Å². The Morgan fingerprint density at radius 2 is 1.61 bits per heavy atom. The molecule has 2 aliphatic rings. The number of aryl methyl sites for hydroxylation is 2. The van der Waals surface area contributed by atoms with Crippen molar-refractivity contribution in [3.8, 4) is 0 Å². The van der Waals surface area contributed by atoms with Crippen LogP contribution in [0, 0.1) is 19.8 Å². The molecule has 1 fully saturated rings. The van der Waals surface area contributed by atoms with E-state index in [4.69, 9.17) is 0 Å². The summed E-state index contributed by atoms with van der Waals surface area (Å²) in [6.45, 7) is 5.43. The number of barbiturate groups is 1. The molecule has 0 radical (unpaired) electrons. The highest BCUT2D eigenvalue weighted by Gasteiger charge is 2.40. The normalized spacial score (nSPS) is 20.4. The summed E-state index contributed by atoms with van der Waals surface area (Å²) in [6.07, 6.45) is 1.28. The molecule has 0 bridgehead atoms. The van der Waals surface area contributed by atoms with Gasteiger partial charge in [0, 0.05) is 0 Å². The van der Waals surface area contributed by atoms with Crippen molar-refractivity contribution in [3.63, 3.8) is 0 Å². The fourth-order valence-corrected chi connectivity index (χ4v) is 3.47. The second kappa shape index (κ2) is 7.64. The zero-order valence-electron chi connectivity index (χ0n) is 17.2. The fourth-order valence-electron chi connectivity index (χ4n) is 3.47. The van der Waals surface area contributed by atoms with Gasteiger partial charge in [-0.25, -0.2) is 9.69 Å². The minimum Gasteiger partial charge on any atom is -0.273 e. The third-order valence-corrected chi connectivity index (χ3v) is 5.37. The van der Waals surface area contributed by atoms with Gasteiger partial charge in [0.05, 0.1) is 23.0 Å². The van der Waals surface area contributed by atoms with Gasteiger partial charge in [-0.05, 0) is 62.2 Å². The van der Waals surface area contributed by atoms with Crippen LogP contribution in [0.3, 0.4) is 0 Å². The van der Waals surface area contributed by atoms with Crippen molar-refractivity contribution >= 4 is 40.8 Å². The van der Waals surface area contributed by atoms with Gasteiger partial charge in [-0.3, -0.25) is 19.7 Å². The van der Waals surface area contributed by atoms with E-state index in [1.165, 1.54) is 11.1 Å². The van der Waals surface area contributed by atoms with Crippen molar-refractivity contribution in [1.82, 2.24) is 5.32 Å². The van der Waals surface area contributed by atoms with E-state index in [1.807, 2.05) is 19.9 Å². The van der Waals surface area contributed by atoms with Crippen molar-refractivity contribution < 1.29 is 19.2 Å². The Kier molecular flexibility index (Phi) is 4.98. The van der Waals surface area contributed by atoms with Crippen LogP contribution < -0.4 is 15.2 Å². The number of carbonyl (C=O) groups is 4. The lowest BCUT2D eigenvalue weighted by molar-refractivity contribution is -0.122. The van der Waals surface area contributed by atoms with E-state index in [9.17, 15) is 19.2 Å². The molecule has 2 aromatic rings. The van der Waals surface area contributed by atoms with Gasteiger partial charge in [-0.2, -0.15) is 10.1 Å². The maximum Gasteiger partial charge on any atom is 0.335 e. The second-order valence-corrected chi connectivity index (χ2v) is 7.45.